The van der Waals surface area contributed by atoms with E-state index in [1.807, 2.05) is 19.0 Å². The number of nitrogens with zero attached hydrogens (tertiary/aromatic N) is 3. The number of phenols is 2. The lowest BCUT2D eigenvalue weighted by Gasteiger charge is -2.03. The van der Waals surface area contributed by atoms with E-state index in [1.54, 1.807) is 0 Å². The SMILES string of the molecule is CN(C)Cc1noc(-c2ccc(O)cc2O)n1. The zero-order valence-electron chi connectivity index (χ0n) is 9.58. The van der Waals surface area contributed by atoms with Crippen LogP contribution in [-0.4, -0.2) is 39.3 Å². The Labute approximate surface area is 98.1 Å². The van der Waals surface area contributed by atoms with Gasteiger partial charge < -0.3 is 19.6 Å². The highest BCUT2D eigenvalue weighted by molar-refractivity contribution is 5.63. The number of phenolic OH excluding ortho intramolecular Hbond substituents is 2. The van der Waals surface area contributed by atoms with Crippen molar-refractivity contribution in [3.63, 3.8) is 0 Å². The van der Waals surface area contributed by atoms with Gasteiger partial charge in [0.1, 0.15) is 11.5 Å². The van der Waals surface area contributed by atoms with Gasteiger partial charge in [0.05, 0.1) is 12.1 Å². The van der Waals surface area contributed by atoms with Gasteiger partial charge in [-0.05, 0) is 26.2 Å². The molecule has 0 saturated carbocycles. The number of aromatic nitrogens is 2. The van der Waals surface area contributed by atoms with Crippen LogP contribution in [-0.2, 0) is 6.54 Å². The first-order valence-corrected chi connectivity index (χ1v) is 5.06. The van der Waals surface area contributed by atoms with Crippen molar-refractivity contribution in [1.82, 2.24) is 15.0 Å². The summed E-state index contributed by atoms with van der Waals surface area (Å²) in [6, 6.07) is 4.20. The molecule has 0 fully saturated rings. The number of aromatic hydroxyl groups is 2. The molecule has 1 heterocycles. The maximum atomic E-state index is 9.64. The Morgan fingerprint density at radius 2 is 2.06 bits per heavy atom. The Balaban J connectivity index is 2.30. The molecule has 2 aromatic rings. The summed E-state index contributed by atoms with van der Waals surface area (Å²) in [4.78, 5) is 6.06. The first kappa shape index (κ1) is 11.4. The minimum absolute atomic E-state index is 0.0146. The largest absolute Gasteiger partial charge is 0.508 e. The third kappa shape index (κ3) is 2.54. The summed E-state index contributed by atoms with van der Waals surface area (Å²) < 4.78 is 5.04. The second kappa shape index (κ2) is 4.42. The van der Waals surface area contributed by atoms with E-state index in [4.69, 9.17) is 4.52 Å². The van der Waals surface area contributed by atoms with Crippen molar-refractivity contribution in [2.24, 2.45) is 0 Å². The second-order valence-electron chi connectivity index (χ2n) is 3.95. The van der Waals surface area contributed by atoms with Crippen LogP contribution in [0, 0.1) is 0 Å². The van der Waals surface area contributed by atoms with Gasteiger partial charge in [0.25, 0.3) is 5.89 Å². The summed E-state index contributed by atoms with van der Waals surface area (Å²) in [5.41, 5.74) is 0.403. The molecule has 0 radical (unpaired) electrons. The molecule has 0 bridgehead atoms. The van der Waals surface area contributed by atoms with E-state index in [9.17, 15) is 10.2 Å². The fourth-order valence-electron chi connectivity index (χ4n) is 1.41. The van der Waals surface area contributed by atoms with Crippen LogP contribution >= 0.6 is 0 Å². The zero-order valence-corrected chi connectivity index (χ0v) is 9.58. The third-order valence-corrected chi connectivity index (χ3v) is 2.14. The highest BCUT2D eigenvalue weighted by atomic mass is 16.5. The average molecular weight is 235 g/mol. The number of benzene rings is 1. The van der Waals surface area contributed by atoms with Crippen LogP contribution < -0.4 is 0 Å². The molecular weight excluding hydrogens is 222 g/mol. The smallest absolute Gasteiger partial charge is 0.261 e. The van der Waals surface area contributed by atoms with Gasteiger partial charge in [0.2, 0.25) is 0 Å². The Morgan fingerprint density at radius 3 is 2.71 bits per heavy atom. The molecule has 0 unspecified atom stereocenters. The Morgan fingerprint density at radius 1 is 1.29 bits per heavy atom. The summed E-state index contributed by atoms with van der Waals surface area (Å²) in [6.07, 6.45) is 0. The van der Waals surface area contributed by atoms with Crippen molar-refractivity contribution in [3.05, 3.63) is 24.0 Å². The van der Waals surface area contributed by atoms with E-state index in [0.29, 0.717) is 17.9 Å². The summed E-state index contributed by atoms with van der Waals surface area (Å²) >= 11 is 0. The van der Waals surface area contributed by atoms with Crippen LogP contribution in [0.4, 0.5) is 0 Å². The van der Waals surface area contributed by atoms with Crippen molar-refractivity contribution in [1.29, 1.82) is 0 Å². The predicted octanol–water partition coefficient (Wildman–Crippen LogP) is 1.21. The first-order valence-electron chi connectivity index (χ1n) is 5.06. The van der Waals surface area contributed by atoms with Gasteiger partial charge in [0, 0.05) is 6.07 Å². The van der Waals surface area contributed by atoms with Crippen LogP contribution in [0.15, 0.2) is 22.7 Å². The molecule has 2 N–H and O–H groups in total. The molecule has 1 aromatic heterocycles. The van der Waals surface area contributed by atoms with Crippen LogP contribution in [0.3, 0.4) is 0 Å². The van der Waals surface area contributed by atoms with Crippen LogP contribution in [0.1, 0.15) is 5.82 Å². The molecule has 17 heavy (non-hydrogen) atoms. The lowest BCUT2D eigenvalue weighted by molar-refractivity contribution is 0.365. The van der Waals surface area contributed by atoms with Crippen molar-refractivity contribution in [3.8, 4) is 23.0 Å². The number of hydrogen-bond acceptors (Lipinski definition) is 6. The van der Waals surface area contributed by atoms with Gasteiger partial charge in [-0.2, -0.15) is 4.98 Å². The van der Waals surface area contributed by atoms with Gasteiger partial charge in [-0.15, -0.1) is 0 Å². The van der Waals surface area contributed by atoms with Crippen LogP contribution in [0.2, 0.25) is 0 Å². The molecular formula is C11H13N3O3. The quantitative estimate of drug-likeness (QED) is 0.832. The fraction of sp³-hybridized carbons (Fsp3) is 0.273. The lowest BCUT2D eigenvalue weighted by atomic mass is 10.2. The molecule has 0 amide bonds. The van der Waals surface area contributed by atoms with Gasteiger partial charge in [-0.25, -0.2) is 0 Å². The predicted molar refractivity (Wildman–Crippen MR) is 60.5 cm³/mol. The standard InChI is InChI=1S/C11H13N3O3/c1-14(2)6-10-12-11(17-13-10)8-4-3-7(15)5-9(8)16/h3-5,15-16H,6H2,1-2H3. The van der Waals surface area contributed by atoms with Gasteiger partial charge in [0.15, 0.2) is 5.82 Å². The molecule has 0 aliphatic rings. The summed E-state index contributed by atoms with van der Waals surface area (Å²) in [5, 5.41) is 22.6. The van der Waals surface area contributed by atoms with Gasteiger partial charge >= 0.3 is 0 Å². The molecule has 0 atom stereocenters. The van der Waals surface area contributed by atoms with Gasteiger partial charge in [-0.3, -0.25) is 0 Å². The second-order valence-corrected chi connectivity index (χ2v) is 3.95. The molecule has 2 rings (SSSR count). The monoisotopic (exact) mass is 235 g/mol. The van der Waals surface area contributed by atoms with Crippen LogP contribution in [0.5, 0.6) is 11.5 Å². The molecule has 0 spiro atoms. The van der Waals surface area contributed by atoms with Crippen molar-refractivity contribution in [2.45, 2.75) is 6.54 Å². The average Bonchev–Trinajstić information content (AvgIpc) is 2.65. The third-order valence-electron chi connectivity index (χ3n) is 2.14. The number of rotatable bonds is 3. The molecule has 0 aliphatic heterocycles. The summed E-state index contributed by atoms with van der Waals surface area (Å²) in [5.74, 6) is 0.668. The minimum Gasteiger partial charge on any atom is -0.508 e. The molecule has 6 nitrogen and oxygen atoms in total. The van der Waals surface area contributed by atoms with Crippen LogP contribution in [0.25, 0.3) is 11.5 Å². The summed E-state index contributed by atoms with van der Waals surface area (Å²) in [7, 11) is 3.79. The Bertz CT molecular complexity index is 522. The summed E-state index contributed by atoms with van der Waals surface area (Å²) in [6.45, 7) is 0.558. The normalized spacial score (nSPS) is 11.0. The maximum Gasteiger partial charge on any atom is 0.261 e. The highest BCUT2D eigenvalue weighted by Gasteiger charge is 2.13. The Hall–Kier alpha value is -2.08. The zero-order chi connectivity index (χ0) is 12.4. The van der Waals surface area contributed by atoms with E-state index >= 15 is 0 Å². The highest BCUT2D eigenvalue weighted by Crippen LogP contribution is 2.30. The van der Waals surface area contributed by atoms with Crippen molar-refractivity contribution < 1.29 is 14.7 Å². The molecule has 6 heteroatoms. The van der Waals surface area contributed by atoms with Gasteiger partial charge in [-0.1, -0.05) is 5.16 Å². The molecule has 1 aromatic carbocycles. The minimum atomic E-state index is -0.0925. The first-order chi connectivity index (χ1) is 8.06. The molecule has 0 saturated heterocycles. The van der Waals surface area contributed by atoms with Crippen molar-refractivity contribution in [2.75, 3.05) is 14.1 Å². The topological polar surface area (TPSA) is 82.6 Å². The van der Waals surface area contributed by atoms with E-state index in [2.05, 4.69) is 10.1 Å². The van der Waals surface area contributed by atoms with E-state index < -0.39 is 0 Å². The molecule has 0 aliphatic carbocycles. The maximum absolute atomic E-state index is 9.64. The van der Waals surface area contributed by atoms with E-state index in [-0.39, 0.29) is 17.4 Å². The van der Waals surface area contributed by atoms with E-state index in [1.165, 1.54) is 18.2 Å². The van der Waals surface area contributed by atoms with Crippen molar-refractivity contribution >= 4 is 0 Å². The number of hydrogen-bond donors (Lipinski definition) is 2. The molecule has 90 valence electrons. The lowest BCUT2D eigenvalue weighted by Crippen LogP contribution is -2.11. The Kier molecular flexibility index (Phi) is 2.97. The fourth-order valence-corrected chi connectivity index (χ4v) is 1.41. The van der Waals surface area contributed by atoms with E-state index in [0.717, 1.165) is 0 Å².